The van der Waals surface area contributed by atoms with Crippen molar-refractivity contribution in [3.8, 4) is 0 Å². The fourth-order valence-corrected chi connectivity index (χ4v) is 5.01. The van der Waals surface area contributed by atoms with E-state index in [0.717, 1.165) is 38.4 Å². The zero-order chi connectivity index (χ0) is 18.9. The zero-order valence-corrected chi connectivity index (χ0v) is 16.2. The fraction of sp³-hybridized carbons (Fsp3) is 0.350. The molecule has 0 spiro atoms. The molecule has 1 N–H and O–H groups in total. The molecule has 0 amide bonds. The molecule has 0 bridgehead atoms. The lowest BCUT2D eigenvalue weighted by molar-refractivity contribution is 0.258. The van der Waals surface area contributed by atoms with E-state index < -0.39 is 9.84 Å². The Morgan fingerprint density at radius 1 is 1.04 bits per heavy atom. The molecule has 4 rings (SSSR count). The van der Waals surface area contributed by atoms with Crippen LogP contribution in [0.3, 0.4) is 0 Å². The predicted molar refractivity (Wildman–Crippen MR) is 107 cm³/mol. The maximum absolute atomic E-state index is 13.0. The van der Waals surface area contributed by atoms with E-state index in [0.29, 0.717) is 10.9 Å². The second kappa shape index (κ2) is 7.32. The van der Waals surface area contributed by atoms with Crippen LogP contribution in [0.2, 0.25) is 0 Å². The molecule has 0 unspecified atom stereocenters. The number of aromatic nitrogens is 2. The number of sulfone groups is 1. The lowest BCUT2D eigenvalue weighted by Gasteiger charge is -2.36. The van der Waals surface area contributed by atoms with Gasteiger partial charge in [0.2, 0.25) is 9.84 Å². The number of nitrogens with zero attached hydrogens (tertiary/aromatic N) is 3. The van der Waals surface area contributed by atoms with Crippen molar-refractivity contribution in [2.45, 2.75) is 23.3 Å². The van der Waals surface area contributed by atoms with Gasteiger partial charge in [0.05, 0.1) is 10.4 Å². The predicted octanol–water partition coefficient (Wildman–Crippen LogP) is 2.93. The van der Waals surface area contributed by atoms with Gasteiger partial charge in [-0.3, -0.25) is 10.00 Å². The third kappa shape index (κ3) is 3.44. The van der Waals surface area contributed by atoms with Gasteiger partial charge in [-0.05, 0) is 43.3 Å². The number of hydrogen-bond acceptors (Lipinski definition) is 5. The Bertz CT molecular complexity index is 1020. The summed E-state index contributed by atoms with van der Waals surface area (Å²) in [5.74, 6) is 0. The van der Waals surface area contributed by atoms with Gasteiger partial charge in [0.15, 0.2) is 5.03 Å². The van der Waals surface area contributed by atoms with E-state index in [4.69, 9.17) is 0 Å². The molecule has 0 radical (unpaired) electrons. The van der Waals surface area contributed by atoms with Crippen molar-refractivity contribution in [2.24, 2.45) is 0 Å². The van der Waals surface area contributed by atoms with E-state index in [-0.39, 0.29) is 9.92 Å². The first-order valence-corrected chi connectivity index (χ1v) is 10.8. The Morgan fingerprint density at radius 3 is 2.48 bits per heavy atom. The van der Waals surface area contributed by atoms with E-state index in [1.807, 2.05) is 18.2 Å². The average Bonchev–Trinajstić information content (AvgIpc) is 3.13. The Kier molecular flexibility index (Phi) is 4.88. The van der Waals surface area contributed by atoms with E-state index >= 15 is 0 Å². The molecule has 2 heterocycles. The number of anilines is 1. The maximum atomic E-state index is 13.0. The van der Waals surface area contributed by atoms with Gasteiger partial charge in [0.1, 0.15) is 0 Å². The maximum Gasteiger partial charge on any atom is 0.223 e. The quantitative estimate of drug-likeness (QED) is 0.732. The highest BCUT2D eigenvalue weighted by atomic mass is 32.2. The van der Waals surface area contributed by atoms with Crippen molar-refractivity contribution in [1.29, 1.82) is 0 Å². The van der Waals surface area contributed by atoms with Gasteiger partial charge in [-0.1, -0.05) is 25.1 Å². The number of piperazine rings is 1. The fourth-order valence-electron chi connectivity index (χ4n) is 3.64. The summed E-state index contributed by atoms with van der Waals surface area (Å²) < 4.78 is 26.0. The van der Waals surface area contributed by atoms with Crippen LogP contribution in [0.15, 0.2) is 58.5 Å². The van der Waals surface area contributed by atoms with Crippen LogP contribution >= 0.6 is 0 Å². The van der Waals surface area contributed by atoms with Crippen LogP contribution in [0.4, 0.5) is 5.69 Å². The Balaban J connectivity index is 1.66. The summed E-state index contributed by atoms with van der Waals surface area (Å²) in [5.41, 5.74) is 1.71. The second-order valence-corrected chi connectivity index (χ2v) is 8.79. The van der Waals surface area contributed by atoms with Crippen LogP contribution in [0.25, 0.3) is 10.9 Å². The number of hydrogen-bond donors (Lipinski definition) is 1. The molecule has 0 atom stereocenters. The molecule has 1 fully saturated rings. The highest BCUT2D eigenvalue weighted by Crippen LogP contribution is 2.29. The first-order valence-electron chi connectivity index (χ1n) is 9.35. The normalized spacial score (nSPS) is 16.1. The monoisotopic (exact) mass is 384 g/mol. The summed E-state index contributed by atoms with van der Waals surface area (Å²) in [4.78, 5) is 5.06. The van der Waals surface area contributed by atoms with Gasteiger partial charge in [0.25, 0.3) is 0 Å². The average molecular weight is 385 g/mol. The van der Waals surface area contributed by atoms with E-state index in [2.05, 4.69) is 26.9 Å². The molecule has 2 aromatic carbocycles. The van der Waals surface area contributed by atoms with Crippen LogP contribution in [0, 0.1) is 0 Å². The number of aromatic amines is 1. The van der Waals surface area contributed by atoms with Gasteiger partial charge in [-0.2, -0.15) is 5.10 Å². The molecule has 0 saturated carbocycles. The number of benzene rings is 2. The summed E-state index contributed by atoms with van der Waals surface area (Å²) in [7, 11) is -3.63. The van der Waals surface area contributed by atoms with Gasteiger partial charge in [0, 0.05) is 37.3 Å². The van der Waals surface area contributed by atoms with Crippen LogP contribution in [-0.4, -0.2) is 56.2 Å². The van der Waals surface area contributed by atoms with Crippen molar-refractivity contribution in [2.75, 3.05) is 37.6 Å². The minimum absolute atomic E-state index is 0.162. The first kappa shape index (κ1) is 18.0. The number of H-pyrrole nitrogens is 1. The molecule has 3 aromatic rings. The summed E-state index contributed by atoms with van der Waals surface area (Å²) in [6.45, 7) is 7.30. The van der Waals surface area contributed by atoms with Crippen LogP contribution in [0.1, 0.15) is 13.3 Å². The first-order chi connectivity index (χ1) is 13.1. The Hall–Kier alpha value is -2.38. The number of nitrogens with one attached hydrogen (secondary N) is 1. The molecule has 1 aromatic heterocycles. The van der Waals surface area contributed by atoms with Gasteiger partial charge in [-0.15, -0.1) is 0 Å². The third-order valence-corrected chi connectivity index (χ3v) is 6.84. The lowest BCUT2D eigenvalue weighted by Crippen LogP contribution is -2.46. The Morgan fingerprint density at radius 2 is 1.78 bits per heavy atom. The summed E-state index contributed by atoms with van der Waals surface area (Å²) in [5, 5.41) is 7.75. The van der Waals surface area contributed by atoms with Crippen LogP contribution in [-0.2, 0) is 9.84 Å². The van der Waals surface area contributed by atoms with Crippen molar-refractivity contribution in [3.05, 3.63) is 48.5 Å². The zero-order valence-electron chi connectivity index (χ0n) is 15.4. The van der Waals surface area contributed by atoms with E-state index in [9.17, 15) is 8.42 Å². The summed E-state index contributed by atoms with van der Waals surface area (Å²) >= 11 is 0. The SMILES string of the molecule is CCCN1CCN(c2ccc3n[nH]c(S(=O)(=O)c4ccccc4)c3c2)CC1. The van der Waals surface area contributed by atoms with Gasteiger partial charge >= 0.3 is 0 Å². The van der Waals surface area contributed by atoms with Crippen LogP contribution in [0.5, 0.6) is 0 Å². The highest BCUT2D eigenvalue weighted by Gasteiger charge is 2.24. The van der Waals surface area contributed by atoms with Gasteiger partial charge < -0.3 is 4.90 Å². The minimum atomic E-state index is -3.63. The molecular formula is C20H24N4O2S. The molecule has 27 heavy (non-hydrogen) atoms. The lowest BCUT2D eigenvalue weighted by atomic mass is 10.2. The molecule has 6 nitrogen and oxygen atoms in total. The molecule has 1 saturated heterocycles. The molecule has 1 aliphatic rings. The largest absolute Gasteiger partial charge is 0.369 e. The van der Waals surface area contributed by atoms with Crippen LogP contribution < -0.4 is 4.90 Å². The topological polar surface area (TPSA) is 69.3 Å². The number of fused-ring (bicyclic) bond motifs is 1. The van der Waals surface area contributed by atoms with Crippen molar-refractivity contribution in [3.63, 3.8) is 0 Å². The molecule has 0 aliphatic carbocycles. The highest BCUT2D eigenvalue weighted by molar-refractivity contribution is 7.91. The second-order valence-electron chi connectivity index (χ2n) is 6.90. The van der Waals surface area contributed by atoms with Crippen molar-refractivity contribution in [1.82, 2.24) is 15.1 Å². The Labute approximate surface area is 159 Å². The van der Waals surface area contributed by atoms with Gasteiger partial charge in [-0.25, -0.2) is 8.42 Å². The minimum Gasteiger partial charge on any atom is -0.369 e. The standard InChI is InChI=1S/C20H24N4O2S/c1-2-10-23-11-13-24(14-12-23)16-8-9-19-18(15-16)20(22-21-19)27(25,26)17-6-4-3-5-7-17/h3-9,15H,2,10-14H2,1H3,(H,21,22). The molecule has 142 valence electrons. The summed E-state index contributed by atoms with van der Waals surface area (Å²) in [6, 6.07) is 14.3. The van der Waals surface area contributed by atoms with E-state index in [1.54, 1.807) is 30.3 Å². The smallest absolute Gasteiger partial charge is 0.223 e. The molecule has 1 aliphatic heterocycles. The third-order valence-electron chi connectivity index (χ3n) is 5.10. The molecular weight excluding hydrogens is 360 g/mol. The summed E-state index contributed by atoms with van der Waals surface area (Å²) in [6.07, 6.45) is 1.17. The van der Waals surface area contributed by atoms with Crippen molar-refractivity contribution >= 4 is 26.4 Å². The van der Waals surface area contributed by atoms with E-state index in [1.165, 1.54) is 6.42 Å². The number of rotatable bonds is 5. The molecule has 7 heteroatoms. The van der Waals surface area contributed by atoms with Crippen molar-refractivity contribution < 1.29 is 8.42 Å².